The van der Waals surface area contributed by atoms with E-state index >= 15 is 0 Å². The molecule has 1 aliphatic heterocycles. The summed E-state index contributed by atoms with van der Waals surface area (Å²) in [5.41, 5.74) is 0.541. The third-order valence-corrected chi connectivity index (χ3v) is 3.48. The van der Waals surface area contributed by atoms with Gasteiger partial charge < -0.3 is 10.6 Å². The fourth-order valence-electron chi connectivity index (χ4n) is 2.36. The monoisotopic (exact) mass is 236 g/mol. The van der Waals surface area contributed by atoms with Crippen LogP contribution in [0.3, 0.4) is 0 Å². The maximum Gasteiger partial charge on any atom is 0.240 e. The van der Waals surface area contributed by atoms with E-state index in [0.717, 1.165) is 31.5 Å². The van der Waals surface area contributed by atoms with Crippen molar-refractivity contribution in [2.45, 2.75) is 38.3 Å². The molecule has 1 aromatic rings. The molecule has 0 bridgehead atoms. The highest BCUT2D eigenvalue weighted by atomic mass is 16.2. The molecule has 1 unspecified atom stereocenters. The van der Waals surface area contributed by atoms with E-state index in [1.54, 1.807) is 4.68 Å². The molecule has 17 heavy (non-hydrogen) atoms. The van der Waals surface area contributed by atoms with E-state index in [1.807, 2.05) is 19.3 Å². The first-order valence-electron chi connectivity index (χ1n) is 6.18. The van der Waals surface area contributed by atoms with Crippen LogP contribution in [-0.2, 0) is 18.4 Å². The summed E-state index contributed by atoms with van der Waals surface area (Å²) in [6.07, 6.45) is 4.72. The number of nitrogens with one attached hydrogen (secondary N) is 2. The average Bonchev–Trinajstić information content (AvgIpc) is 2.95. The van der Waals surface area contributed by atoms with Gasteiger partial charge in [0.25, 0.3) is 0 Å². The molecular weight excluding hydrogens is 216 g/mol. The second kappa shape index (κ2) is 4.87. The van der Waals surface area contributed by atoms with Gasteiger partial charge >= 0.3 is 0 Å². The summed E-state index contributed by atoms with van der Waals surface area (Å²) in [7, 11) is 1.87. The number of hydrogen-bond donors (Lipinski definition) is 2. The number of aromatic nitrogens is 2. The maximum atomic E-state index is 12.2. The van der Waals surface area contributed by atoms with Crippen LogP contribution < -0.4 is 10.6 Å². The Morgan fingerprint density at radius 2 is 2.53 bits per heavy atom. The molecule has 0 aromatic carbocycles. The van der Waals surface area contributed by atoms with E-state index < -0.39 is 0 Å². The van der Waals surface area contributed by atoms with Crippen molar-refractivity contribution in [3.63, 3.8) is 0 Å². The molecule has 2 heterocycles. The van der Waals surface area contributed by atoms with Crippen LogP contribution in [-0.4, -0.2) is 27.8 Å². The molecule has 1 atom stereocenters. The van der Waals surface area contributed by atoms with E-state index in [4.69, 9.17) is 0 Å². The topological polar surface area (TPSA) is 59.0 Å². The quantitative estimate of drug-likeness (QED) is 0.803. The largest absolute Gasteiger partial charge is 0.349 e. The number of carbonyl (C=O) groups excluding carboxylic acids is 1. The van der Waals surface area contributed by atoms with Crippen molar-refractivity contribution in [3.8, 4) is 0 Å². The van der Waals surface area contributed by atoms with Gasteiger partial charge in [-0.15, -0.1) is 0 Å². The predicted molar refractivity (Wildman–Crippen MR) is 65.3 cm³/mol. The van der Waals surface area contributed by atoms with Crippen LogP contribution in [0.4, 0.5) is 0 Å². The smallest absolute Gasteiger partial charge is 0.240 e. The Labute approximate surface area is 102 Å². The van der Waals surface area contributed by atoms with Gasteiger partial charge in [0, 0.05) is 13.2 Å². The van der Waals surface area contributed by atoms with Gasteiger partial charge in [0.05, 0.1) is 17.8 Å². The van der Waals surface area contributed by atoms with Crippen molar-refractivity contribution in [3.05, 3.63) is 18.0 Å². The Bertz CT molecular complexity index is 393. The van der Waals surface area contributed by atoms with Crippen LogP contribution in [0.15, 0.2) is 12.3 Å². The molecule has 5 nitrogen and oxygen atoms in total. The molecule has 94 valence electrons. The van der Waals surface area contributed by atoms with Crippen LogP contribution in [0.5, 0.6) is 0 Å². The number of amides is 1. The Morgan fingerprint density at radius 3 is 3.06 bits per heavy atom. The minimum Gasteiger partial charge on any atom is -0.349 e. The third kappa shape index (κ3) is 2.49. The van der Waals surface area contributed by atoms with Crippen LogP contribution in [0.2, 0.25) is 0 Å². The van der Waals surface area contributed by atoms with Gasteiger partial charge in [0.2, 0.25) is 5.91 Å². The lowest BCUT2D eigenvalue weighted by Crippen LogP contribution is -2.52. The van der Waals surface area contributed by atoms with Gasteiger partial charge in [-0.05, 0) is 31.9 Å². The predicted octanol–water partition coefficient (Wildman–Crippen LogP) is 0.568. The van der Waals surface area contributed by atoms with Crippen molar-refractivity contribution in [2.75, 3.05) is 6.54 Å². The van der Waals surface area contributed by atoms with E-state index in [2.05, 4.69) is 22.7 Å². The summed E-state index contributed by atoms with van der Waals surface area (Å²) in [6.45, 7) is 3.49. The molecule has 0 radical (unpaired) electrons. The second-order valence-corrected chi connectivity index (χ2v) is 4.63. The molecule has 0 aliphatic carbocycles. The minimum atomic E-state index is -0.352. The Kier molecular flexibility index (Phi) is 3.47. The summed E-state index contributed by atoms with van der Waals surface area (Å²) < 4.78 is 1.74. The molecule has 2 N–H and O–H groups in total. The van der Waals surface area contributed by atoms with E-state index in [0.29, 0.717) is 6.54 Å². The fraction of sp³-hybridized carbons (Fsp3) is 0.667. The van der Waals surface area contributed by atoms with Gasteiger partial charge in [-0.25, -0.2) is 0 Å². The summed E-state index contributed by atoms with van der Waals surface area (Å²) in [4.78, 5) is 12.2. The molecular formula is C12H20N4O. The Hall–Kier alpha value is -1.36. The molecule has 1 saturated heterocycles. The zero-order valence-electron chi connectivity index (χ0n) is 10.5. The molecule has 5 heteroatoms. The molecule has 1 aliphatic rings. The van der Waals surface area contributed by atoms with Crippen LogP contribution in [0.25, 0.3) is 0 Å². The highest BCUT2D eigenvalue weighted by Crippen LogP contribution is 2.23. The lowest BCUT2D eigenvalue weighted by molar-refractivity contribution is -0.127. The summed E-state index contributed by atoms with van der Waals surface area (Å²) in [6, 6.07) is 1.92. The van der Waals surface area contributed by atoms with Gasteiger partial charge in [-0.1, -0.05) is 6.92 Å². The van der Waals surface area contributed by atoms with E-state index in [9.17, 15) is 4.79 Å². The fourth-order valence-corrected chi connectivity index (χ4v) is 2.36. The maximum absolute atomic E-state index is 12.2. The highest BCUT2D eigenvalue weighted by molar-refractivity contribution is 5.86. The van der Waals surface area contributed by atoms with Gasteiger partial charge in [-0.3, -0.25) is 9.48 Å². The van der Waals surface area contributed by atoms with Gasteiger partial charge in [-0.2, -0.15) is 5.10 Å². The zero-order valence-corrected chi connectivity index (χ0v) is 10.5. The lowest BCUT2D eigenvalue weighted by atomic mass is 9.93. The zero-order chi connectivity index (χ0) is 12.3. The molecule has 0 saturated carbocycles. The van der Waals surface area contributed by atoms with Crippen molar-refractivity contribution in [2.24, 2.45) is 7.05 Å². The summed E-state index contributed by atoms with van der Waals surface area (Å²) in [5.74, 6) is 0.100. The minimum absolute atomic E-state index is 0.100. The summed E-state index contributed by atoms with van der Waals surface area (Å²) >= 11 is 0. The average molecular weight is 236 g/mol. The van der Waals surface area contributed by atoms with Crippen molar-refractivity contribution in [1.29, 1.82) is 0 Å². The standard InChI is InChI=1S/C12H20N4O/c1-3-12(6-4-7-14-12)11(17)13-9-10-5-8-16(2)15-10/h5,8,14H,3-4,6-7,9H2,1-2H3,(H,13,17). The van der Waals surface area contributed by atoms with Gasteiger partial charge in [0.1, 0.15) is 0 Å². The van der Waals surface area contributed by atoms with Gasteiger partial charge in [0.15, 0.2) is 0 Å². The van der Waals surface area contributed by atoms with Crippen LogP contribution in [0.1, 0.15) is 31.9 Å². The number of nitrogens with zero attached hydrogens (tertiary/aromatic N) is 2. The Morgan fingerprint density at radius 1 is 1.71 bits per heavy atom. The van der Waals surface area contributed by atoms with Crippen LogP contribution in [0, 0.1) is 0 Å². The van der Waals surface area contributed by atoms with E-state index in [-0.39, 0.29) is 11.4 Å². The van der Waals surface area contributed by atoms with Crippen LogP contribution >= 0.6 is 0 Å². The first-order chi connectivity index (χ1) is 8.16. The summed E-state index contributed by atoms with van der Waals surface area (Å²) in [5, 5.41) is 10.5. The SMILES string of the molecule is CCC1(C(=O)NCc2ccn(C)n2)CCCN1. The second-order valence-electron chi connectivity index (χ2n) is 4.63. The lowest BCUT2D eigenvalue weighted by Gasteiger charge is -2.26. The first-order valence-corrected chi connectivity index (χ1v) is 6.18. The molecule has 0 spiro atoms. The van der Waals surface area contributed by atoms with Crippen molar-refractivity contribution >= 4 is 5.91 Å². The molecule has 1 fully saturated rings. The highest BCUT2D eigenvalue weighted by Gasteiger charge is 2.38. The Balaban J connectivity index is 1.92. The normalized spacial score (nSPS) is 23.9. The third-order valence-electron chi connectivity index (χ3n) is 3.48. The number of carbonyl (C=O) groups is 1. The molecule has 2 rings (SSSR count). The van der Waals surface area contributed by atoms with Crippen molar-refractivity contribution in [1.82, 2.24) is 20.4 Å². The first kappa shape index (κ1) is 12.1. The number of hydrogen-bond acceptors (Lipinski definition) is 3. The molecule has 1 aromatic heterocycles. The van der Waals surface area contributed by atoms with Crippen molar-refractivity contribution < 1.29 is 4.79 Å². The number of aryl methyl sites for hydroxylation is 1. The van der Waals surface area contributed by atoms with E-state index in [1.165, 1.54) is 0 Å². The molecule has 1 amide bonds. The number of rotatable bonds is 4.